The predicted octanol–water partition coefficient (Wildman–Crippen LogP) is 0.466. The molecule has 0 fully saturated rings. The van der Waals surface area contributed by atoms with Crippen molar-refractivity contribution in [1.29, 1.82) is 0 Å². The molecular weight excluding hydrogens is 240 g/mol. The maximum atomic E-state index is 12.3. The summed E-state index contributed by atoms with van der Waals surface area (Å²) in [5.41, 5.74) is 5.08. The third kappa shape index (κ3) is 2.51. The Morgan fingerprint density at radius 1 is 1.59 bits per heavy atom. The lowest BCUT2D eigenvalue weighted by Crippen LogP contribution is -2.51. The number of aromatic amines is 1. The van der Waals surface area contributed by atoms with Gasteiger partial charge in [0.1, 0.15) is 5.82 Å². The predicted molar refractivity (Wildman–Crippen MR) is 66.0 cm³/mol. The summed E-state index contributed by atoms with van der Waals surface area (Å²) < 4.78 is 25.9. The third-order valence-electron chi connectivity index (χ3n) is 3.28. The molecule has 1 heterocycles. The first-order valence-electron chi connectivity index (χ1n) is 5.48. The van der Waals surface area contributed by atoms with Crippen LogP contribution in [0.3, 0.4) is 0 Å². The van der Waals surface area contributed by atoms with E-state index in [2.05, 4.69) is 9.97 Å². The largest absolute Gasteiger partial charge is 0.332 e. The molecule has 7 heteroatoms. The van der Waals surface area contributed by atoms with Gasteiger partial charge in [-0.2, -0.15) is 4.31 Å². The highest BCUT2D eigenvalue weighted by molar-refractivity contribution is 7.89. The minimum Gasteiger partial charge on any atom is -0.332 e. The number of likely N-dealkylation sites (N-methyl/N-ethyl adjacent to an activating group) is 1. The fourth-order valence-electron chi connectivity index (χ4n) is 1.46. The number of nitrogens with one attached hydrogen (secondary N) is 1. The highest BCUT2D eigenvalue weighted by Gasteiger charge is 2.36. The van der Waals surface area contributed by atoms with Crippen LogP contribution >= 0.6 is 0 Å². The molecular formula is C10H20N4O2S. The minimum absolute atomic E-state index is 0.102. The lowest BCUT2D eigenvalue weighted by atomic mass is 10.00. The highest BCUT2D eigenvalue weighted by Crippen LogP contribution is 2.23. The van der Waals surface area contributed by atoms with Crippen molar-refractivity contribution in [1.82, 2.24) is 14.3 Å². The van der Waals surface area contributed by atoms with E-state index in [0.717, 1.165) is 0 Å². The van der Waals surface area contributed by atoms with Gasteiger partial charge in [0.05, 0.1) is 6.20 Å². The first kappa shape index (κ1) is 14.1. The maximum Gasteiger partial charge on any atom is 0.260 e. The molecule has 17 heavy (non-hydrogen) atoms. The summed E-state index contributed by atoms with van der Waals surface area (Å²) in [6.45, 7) is 5.72. The molecule has 0 amide bonds. The number of aryl methyl sites for hydroxylation is 1. The van der Waals surface area contributed by atoms with Gasteiger partial charge < -0.3 is 10.7 Å². The molecule has 1 unspecified atom stereocenters. The Morgan fingerprint density at radius 3 is 2.53 bits per heavy atom. The van der Waals surface area contributed by atoms with E-state index in [1.54, 1.807) is 14.0 Å². The normalized spacial score (nSPS) is 16.1. The molecule has 1 atom stereocenters. The van der Waals surface area contributed by atoms with Crippen LogP contribution in [-0.4, -0.2) is 41.8 Å². The van der Waals surface area contributed by atoms with E-state index in [1.165, 1.54) is 10.5 Å². The molecule has 0 saturated carbocycles. The second-order valence-corrected chi connectivity index (χ2v) is 6.30. The number of aromatic nitrogens is 2. The van der Waals surface area contributed by atoms with Crippen molar-refractivity contribution in [2.45, 2.75) is 37.8 Å². The van der Waals surface area contributed by atoms with Crippen LogP contribution in [0.4, 0.5) is 0 Å². The Hall–Kier alpha value is -0.920. The third-order valence-corrected chi connectivity index (χ3v) is 5.20. The van der Waals surface area contributed by atoms with Crippen molar-refractivity contribution >= 4 is 10.0 Å². The van der Waals surface area contributed by atoms with Gasteiger partial charge in [-0.3, -0.25) is 0 Å². The number of imidazole rings is 1. The van der Waals surface area contributed by atoms with Crippen LogP contribution < -0.4 is 5.73 Å². The van der Waals surface area contributed by atoms with E-state index in [1.807, 2.05) is 13.8 Å². The molecule has 0 spiro atoms. The van der Waals surface area contributed by atoms with Crippen LogP contribution in [-0.2, 0) is 10.0 Å². The average molecular weight is 260 g/mol. The van der Waals surface area contributed by atoms with E-state index in [9.17, 15) is 8.42 Å². The van der Waals surface area contributed by atoms with Crippen LogP contribution in [0, 0.1) is 6.92 Å². The smallest absolute Gasteiger partial charge is 0.260 e. The summed E-state index contributed by atoms with van der Waals surface area (Å²) in [7, 11) is -2.02. The first-order valence-corrected chi connectivity index (χ1v) is 6.92. The monoisotopic (exact) mass is 260 g/mol. The fraction of sp³-hybridized carbons (Fsp3) is 0.700. The molecule has 1 aromatic rings. The van der Waals surface area contributed by atoms with E-state index in [-0.39, 0.29) is 11.6 Å². The van der Waals surface area contributed by atoms with Crippen LogP contribution in [0.1, 0.15) is 26.1 Å². The number of H-pyrrole nitrogens is 1. The van der Waals surface area contributed by atoms with Gasteiger partial charge >= 0.3 is 0 Å². The zero-order valence-corrected chi connectivity index (χ0v) is 11.5. The Kier molecular flexibility index (Phi) is 3.95. The van der Waals surface area contributed by atoms with Crippen molar-refractivity contribution < 1.29 is 8.42 Å². The van der Waals surface area contributed by atoms with Crippen LogP contribution in [0.15, 0.2) is 11.2 Å². The second-order valence-electron chi connectivity index (χ2n) is 4.36. The van der Waals surface area contributed by atoms with Crippen molar-refractivity contribution in [3.05, 3.63) is 12.0 Å². The molecule has 0 aliphatic rings. The lowest BCUT2D eigenvalue weighted by molar-refractivity contribution is 0.239. The Balaban J connectivity index is 3.15. The van der Waals surface area contributed by atoms with E-state index >= 15 is 0 Å². The molecule has 3 N–H and O–H groups in total. The quantitative estimate of drug-likeness (QED) is 0.804. The van der Waals surface area contributed by atoms with Gasteiger partial charge in [-0.05, 0) is 20.3 Å². The van der Waals surface area contributed by atoms with E-state index in [4.69, 9.17) is 5.73 Å². The Bertz CT molecular complexity index is 476. The number of nitrogens with two attached hydrogens (primary N) is 1. The van der Waals surface area contributed by atoms with Gasteiger partial charge in [-0.1, -0.05) is 6.92 Å². The Morgan fingerprint density at radius 2 is 2.18 bits per heavy atom. The molecule has 6 nitrogen and oxygen atoms in total. The summed E-state index contributed by atoms with van der Waals surface area (Å²) in [5, 5.41) is 0.102. The van der Waals surface area contributed by atoms with Crippen molar-refractivity contribution in [3.63, 3.8) is 0 Å². The molecule has 1 aromatic heterocycles. The molecule has 0 bridgehead atoms. The van der Waals surface area contributed by atoms with Gasteiger partial charge in [-0.25, -0.2) is 13.4 Å². The number of hydrogen-bond acceptors (Lipinski definition) is 4. The van der Waals surface area contributed by atoms with E-state index < -0.39 is 15.6 Å². The van der Waals surface area contributed by atoms with Crippen molar-refractivity contribution in [2.24, 2.45) is 5.73 Å². The number of rotatable bonds is 5. The van der Waals surface area contributed by atoms with Crippen molar-refractivity contribution in [3.8, 4) is 0 Å². The summed E-state index contributed by atoms with van der Waals surface area (Å²) in [6, 6.07) is 0. The van der Waals surface area contributed by atoms with E-state index in [0.29, 0.717) is 12.2 Å². The topological polar surface area (TPSA) is 92.1 Å². The molecule has 0 aromatic carbocycles. The Labute approximate surface area is 102 Å². The number of nitrogens with zero attached hydrogens (tertiary/aromatic N) is 2. The summed E-state index contributed by atoms with van der Waals surface area (Å²) >= 11 is 0. The molecule has 0 aliphatic carbocycles. The lowest BCUT2D eigenvalue weighted by Gasteiger charge is -2.35. The van der Waals surface area contributed by atoms with Gasteiger partial charge in [0.25, 0.3) is 10.0 Å². The molecule has 0 radical (unpaired) electrons. The maximum absolute atomic E-state index is 12.3. The van der Waals surface area contributed by atoms with Crippen LogP contribution in [0.2, 0.25) is 0 Å². The SMILES string of the molecule is CCC(C)(CN)N(C)S(=O)(=O)c1cnc(C)[nH]1. The summed E-state index contributed by atoms with van der Waals surface area (Å²) in [4.78, 5) is 6.64. The van der Waals surface area contributed by atoms with Gasteiger partial charge in [0, 0.05) is 19.1 Å². The van der Waals surface area contributed by atoms with Crippen LogP contribution in [0.5, 0.6) is 0 Å². The zero-order chi connectivity index (χ0) is 13.3. The summed E-state index contributed by atoms with van der Waals surface area (Å²) in [6.07, 6.45) is 1.97. The molecule has 98 valence electrons. The molecule has 0 saturated heterocycles. The summed E-state index contributed by atoms with van der Waals surface area (Å²) in [5.74, 6) is 0.572. The standard InChI is InChI=1S/C10H20N4O2S/c1-5-10(3,7-11)14(4)17(15,16)9-6-12-8(2)13-9/h6H,5,7,11H2,1-4H3,(H,12,13). The van der Waals surface area contributed by atoms with Crippen LogP contribution in [0.25, 0.3) is 0 Å². The molecule has 1 rings (SSSR count). The van der Waals surface area contributed by atoms with Gasteiger partial charge in [0.2, 0.25) is 0 Å². The number of hydrogen-bond donors (Lipinski definition) is 2. The van der Waals surface area contributed by atoms with Gasteiger partial charge in [-0.15, -0.1) is 0 Å². The second kappa shape index (κ2) is 4.75. The van der Waals surface area contributed by atoms with Crippen molar-refractivity contribution in [2.75, 3.05) is 13.6 Å². The average Bonchev–Trinajstić information content (AvgIpc) is 2.74. The van der Waals surface area contributed by atoms with Gasteiger partial charge in [0.15, 0.2) is 5.03 Å². The molecule has 0 aliphatic heterocycles. The highest BCUT2D eigenvalue weighted by atomic mass is 32.2. The number of sulfonamides is 1. The first-order chi connectivity index (χ1) is 7.78. The minimum atomic E-state index is -3.56. The fourth-order valence-corrected chi connectivity index (χ4v) is 3.00. The zero-order valence-electron chi connectivity index (χ0n) is 10.7.